The van der Waals surface area contributed by atoms with Crippen LogP contribution in [0.4, 0.5) is 5.13 Å². The molecule has 8 nitrogen and oxygen atoms in total. The predicted molar refractivity (Wildman–Crippen MR) is 124 cm³/mol. The minimum Gasteiger partial charge on any atom is -0.497 e. The summed E-state index contributed by atoms with van der Waals surface area (Å²) in [6.45, 7) is 5.98. The molecule has 1 aromatic carbocycles. The highest BCUT2D eigenvalue weighted by molar-refractivity contribution is 7.13. The van der Waals surface area contributed by atoms with Crippen molar-refractivity contribution in [1.29, 1.82) is 0 Å². The molecule has 3 amide bonds. The lowest BCUT2D eigenvalue weighted by Gasteiger charge is -2.24. The van der Waals surface area contributed by atoms with Crippen LogP contribution >= 0.6 is 11.3 Å². The third-order valence-electron chi connectivity index (χ3n) is 5.13. The molecule has 2 aromatic rings. The van der Waals surface area contributed by atoms with Gasteiger partial charge in [0.15, 0.2) is 5.13 Å². The van der Waals surface area contributed by atoms with Crippen LogP contribution in [-0.4, -0.2) is 65.8 Å². The van der Waals surface area contributed by atoms with Crippen LogP contribution in [0.25, 0.3) is 0 Å². The number of likely N-dealkylation sites (tertiary alicyclic amines) is 1. The molecule has 1 fully saturated rings. The normalized spacial score (nSPS) is 13.3. The minimum atomic E-state index is -0.320. The second kappa shape index (κ2) is 11.1. The highest BCUT2D eigenvalue weighted by atomic mass is 32.1. The summed E-state index contributed by atoms with van der Waals surface area (Å²) in [7, 11) is 1.57. The lowest BCUT2D eigenvalue weighted by Crippen LogP contribution is -2.40. The van der Waals surface area contributed by atoms with Crippen LogP contribution in [0, 0.1) is 5.92 Å². The summed E-state index contributed by atoms with van der Waals surface area (Å²) in [4.78, 5) is 45.7. The van der Waals surface area contributed by atoms with Gasteiger partial charge in [-0.05, 0) is 43.0 Å². The third-order valence-corrected chi connectivity index (χ3v) is 5.94. The summed E-state index contributed by atoms with van der Waals surface area (Å²) in [6, 6.07) is 6.83. The zero-order chi connectivity index (χ0) is 23.1. The molecule has 0 radical (unpaired) electrons. The number of hydrogen-bond acceptors (Lipinski definition) is 6. The van der Waals surface area contributed by atoms with Crippen molar-refractivity contribution in [1.82, 2.24) is 14.8 Å². The number of hydrogen-bond donors (Lipinski definition) is 1. The van der Waals surface area contributed by atoms with Gasteiger partial charge < -0.3 is 19.9 Å². The van der Waals surface area contributed by atoms with Gasteiger partial charge in [0.25, 0.3) is 5.91 Å². The van der Waals surface area contributed by atoms with Gasteiger partial charge in [-0.15, -0.1) is 11.3 Å². The Labute approximate surface area is 192 Å². The van der Waals surface area contributed by atoms with Gasteiger partial charge in [-0.25, -0.2) is 4.98 Å². The summed E-state index contributed by atoms with van der Waals surface area (Å²) in [5.41, 5.74) is 1.15. The quantitative estimate of drug-likeness (QED) is 0.624. The first-order chi connectivity index (χ1) is 15.4. The number of nitrogens with zero attached hydrogens (tertiary/aromatic N) is 3. The molecule has 0 aliphatic carbocycles. The zero-order valence-electron chi connectivity index (χ0n) is 18.8. The highest BCUT2D eigenvalue weighted by Crippen LogP contribution is 2.18. The summed E-state index contributed by atoms with van der Waals surface area (Å²) in [5.74, 6) is 0.399. The molecule has 1 aliphatic heterocycles. The molecule has 0 atom stereocenters. The second-order valence-corrected chi connectivity index (χ2v) is 9.12. The molecule has 0 unspecified atom stereocenters. The van der Waals surface area contributed by atoms with Crippen molar-refractivity contribution in [3.8, 4) is 5.75 Å². The molecule has 0 bridgehead atoms. The van der Waals surface area contributed by atoms with E-state index in [0.717, 1.165) is 25.9 Å². The fraction of sp³-hybridized carbons (Fsp3) is 0.478. The van der Waals surface area contributed by atoms with E-state index in [1.807, 2.05) is 18.7 Å². The van der Waals surface area contributed by atoms with Crippen molar-refractivity contribution in [2.45, 2.75) is 33.1 Å². The van der Waals surface area contributed by atoms with Crippen LogP contribution in [0.2, 0.25) is 0 Å². The number of nitrogens with one attached hydrogen (secondary N) is 1. The number of amides is 3. The molecule has 2 heterocycles. The Morgan fingerprint density at radius 1 is 1.19 bits per heavy atom. The molecule has 0 saturated carbocycles. The van der Waals surface area contributed by atoms with Gasteiger partial charge in [0.2, 0.25) is 11.8 Å². The van der Waals surface area contributed by atoms with Gasteiger partial charge in [-0.2, -0.15) is 0 Å². The van der Waals surface area contributed by atoms with E-state index >= 15 is 0 Å². The SMILES string of the molecule is COc1ccc(C(=O)N(CC(=O)Nc2nc(CC(=O)N3CCCC3)cs2)CC(C)C)cc1. The van der Waals surface area contributed by atoms with Crippen LogP contribution in [0.5, 0.6) is 5.75 Å². The molecule has 3 rings (SSSR count). The molecule has 1 aromatic heterocycles. The highest BCUT2D eigenvalue weighted by Gasteiger charge is 2.22. The number of ether oxygens (including phenoxy) is 1. The number of aromatic nitrogens is 1. The maximum atomic E-state index is 13.0. The standard InChI is InChI=1S/C23H30N4O4S/c1-16(2)13-27(22(30)17-6-8-19(31-3)9-7-17)14-20(28)25-23-24-18(15-32-23)12-21(29)26-10-4-5-11-26/h6-9,15-16H,4-5,10-14H2,1-3H3,(H,24,25,28). The average Bonchev–Trinajstić information content (AvgIpc) is 3.45. The molecule has 1 aliphatic rings. The van der Waals surface area contributed by atoms with E-state index in [9.17, 15) is 14.4 Å². The Hall–Kier alpha value is -2.94. The van der Waals surface area contributed by atoms with E-state index < -0.39 is 0 Å². The Balaban J connectivity index is 1.59. The molecule has 172 valence electrons. The van der Waals surface area contributed by atoms with Crippen molar-refractivity contribution in [3.63, 3.8) is 0 Å². The number of anilines is 1. The molecule has 9 heteroatoms. The third kappa shape index (κ3) is 6.53. The molecule has 1 N–H and O–H groups in total. The predicted octanol–water partition coefficient (Wildman–Crippen LogP) is 3.05. The number of carbonyl (C=O) groups is 3. The number of methoxy groups -OCH3 is 1. The van der Waals surface area contributed by atoms with Crippen LogP contribution in [0.3, 0.4) is 0 Å². The maximum Gasteiger partial charge on any atom is 0.254 e. The van der Waals surface area contributed by atoms with Gasteiger partial charge in [-0.3, -0.25) is 14.4 Å². The number of rotatable bonds is 9. The van der Waals surface area contributed by atoms with Gasteiger partial charge in [0, 0.05) is 30.6 Å². The average molecular weight is 459 g/mol. The lowest BCUT2D eigenvalue weighted by molar-refractivity contribution is -0.129. The fourth-order valence-electron chi connectivity index (χ4n) is 3.59. The van der Waals surface area contributed by atoms with Crippen LogP contribution in [0.1, 0.15) is 42.7 Å². The van der Waals surface area contributed by atoms with Crippen LogP contribution < -0.4 is 10.1 Å². The van der Waals surface area contributed by atoms with Crippen LogP contribution in [-0.2, 0) is 16.0 Å². The van der Waals surface area contributed by atoms with Gasteiger partial charge in [0.1, 0.15) is 12.3 Å². The van der Waals surface area contributed by atoms with Crippen molar-refractivity contribution in [2.24, 2.45) is 5.92 Å². The number of carbonyl (C=O) groups excluding carboxylic acids is 3. The van der Waals surface area contributed by atoms with Gasteiger partial charge in [0.05, 0.1) is 19.2 Å². The summed E-state index contributed by atoms with van der Waals surface area (Å²) >= 11 is 1.28. The maximum absolute atomic E-state index is 13.0. The fourth-order valence-corrected chi connectivity index (χ4v) is 4.31. The molecule has 1 saturated heterocycles. The van der Waals surface area contributed by atoms with E-state index in [1.54, 1.807) is 36.8 Å². The van der Waals surface area contributed by atoms with E-state index in [0.29, 0.717) is 28.7 Å². The van der Waals surface area contributed by atoms with Crippen molar-refractivity contribution in [2.75, 3.05) is 38.6 Å². The summed E-state index contributed by atoms with van der Waals surface area (Å²) < 4.78 is 5.14. The first-order valence-corrected chi connectivity index (χ1v) is 11.7. The zero-order valence-corrected chi connectivity index (χ0v) is 19.6. The van der Waals surface area contributed by atoms with E-state index in [4.69, 9.17) is 4.74 Å². The first-order valence-electron chi connectivity index (χ1n) is 10.8. The lowest BCUT2D eigenvalue weighted by atomic mass is 10.1. The molecule has 32 heavy (non-hydrogen) atoms. The van der Waals surface area contributed by atoms with E-state index in [-0.39, 0.29) is 36.6 Å². The Morgan fingerprint density at radius 2 is 1.88 bits per heavy atom. The molecular weight excluding hydrogens is 428 g/mol. The second-order valence-electron chi connectivity index (χ2n) is 8.26. The summed E-state index contributed by atoms with van der Waals surface area (Å²) in [5, 5.41) is 4.98. The monoisotopic (exact) mass is 458 g/mol. The van der Waals surface area contributed by atoms with Crippen molar-refractivity contribution >= 4 is 34.2 Å². The van der Waals surface area contributed by atoms with Crippen LogP contribution in [0.15, 0.2) is 29.6 Å². The smallest absolute Gasteiger partial charge is 0.254 e. The number of benzene rings is 1. The van der Waals surface area contributed by atoms with E-state index in [2.05, 4.69) is 10.3 Å². The Morgan fingerprint density at radius 3 is 2.50 bits per heavy atom. The Kier molecular flexibility index (Phi) is 8.21. The topological polar surface area (TPSA) is 91.8 Å². The van der Waals surface area contributed by atoms with Crippen molar-refractivity contribution < 1.29 is 19.1 Å². The first kappa shape index (κ1) is 23.7. The minimum absolute atomic E-state index is 0.0684. The molecular formula is C23H30N4O4S. The van der Waals surface area contributed by atoms with E-state index in [1.165, 1.54) is 16.2 Å². The Bertz CT molecular complexity index is 936. The van der Waals surface area contributed by atoms with Crippen molar-refractivity contribution in [3.05, 3.63) is 40.9 Å². The number of thiazole rings is 1. The molecule has 0 spiro atoms. The largest absolute Gasteiger partial charge is 0.497 e. The van der Waals surface area contributed by atoms with Gasteiger partial charge in [-0.1, -0.05) is 13.8 Å². The summed E-state index contributed by atoms with van der Waals surface area (Å²) in [6.07, 6.45) is 2.33. The van der Waals surface area contributed by atoms with Gasteiger partial charge >= 0.3 is 0 Å².